The van der Waals surface area contributed by atoms with E-state index in [4.69, 9.17) is 20.9 Å². The third-order valence-corrected chi connectivity index (χ3v) is 8.38. The van der Waals surface area contributed by atoms with Crippen molar-refractivity contribution in [2.75, 3.05) is 31.0 Å². The molecule has 2 aromatic carbocycles. The molecule has 0 aliphatic carbocycles. The fraction of sp³-hybridized carbons (Fsp3) is 0.0952. The van der Waals surface area contributed by atoms with Crippen LogP contribution in [-0.4, -0.2) is 37.6 Å². The smallest absolute Gasteiger partial charge is 0.339 e. The van der Waals surface area contributed by atoms with Crippen LogP contribution < -0.4 is 31.2 Å². The maximum atomic E-state index is 13.0. The maximum absolute atomic E-state index is 13.0. The zero-order chi connectivity index (χ0) is 24.0. The van der Waals surface area contributed by atoms with Gasteiger partial charge >= 0.3 is 5.13 Å². The highest BCUT2D eigenvalue weighted by Crippen LogP contribution is 2.38. The number of nitrogens with zero attached hydrogens (tertiary/aromatic N) is 2. The van der Waals surface area contributed by atoms with Gasteiger partial charge in [-0.25, -0.2) is 18.7 Å². The van der Waals surface area contributed by atoms with Gasteiger partial charge in [-0.3, -0.25) is 0 Å². The molecule has 0 amide bonds. The van der Waals surface area contributed by atoms with Gasteiger partial charge in [-0.2, -0.15) is 9.97 Å². The number of aromatic amines is 2. The van der Waals surface area contributed by atoms with Crippen LogP contribution in [-0.2, 0) is 9.84 Å². The van der Waals surface area contributed by atoms with E-state index < -0.39 is 9.84 Å². The van der Waals surface area contributed by atoms with Crippen LogP contribution in [0.25, 0.3) is 21.9 Å². The van der Waals surface area contributed by atoms with Gasteiger partial charge in [0.1, 0.15) is 11.8 Å². The molecule has 0 saturated heterocycles. The van der Waals surface area contributed by atoms with Crippen LogP contribution in [0.15, 0.2) is 51.7 Å². The highest BCUT2D eigenvalue weighted by Gasteiger charge is 2.25. The van der Waals surface area contributed by atoms with E-state index in [0.717, 1.165) is 22.2 Å². The first kappa shape index (κ1) is 21.7. The molecule has 11 nitrogen and oxygen atoms in total. The molecule has 0 bridgehead atoms. The van der Waals surface area contributed by atoms with Crippen molar-refractivity contribution in [2.24, 2.45) is 0 Å². The summed E-state index contributed by atoms with van der Waals surface area (Å²) in [7, 11) is -0.614. The maximum Gasteiger partial charge on any atom is 0.339 e. The Hall–Kier alpha value is -4.10. The van der Waals surface area contributed by atoms with Crippen molar-refractivity contribution in [2.45, 2.75) is 9.10 Å². The van der Waals surface area contributed by atoms with Crippen LogP contribution in [0.3, 0.4) is 0 Å². The third kappa shape index (κ3) is 3.60. The Labute approximate surface area is 197 Å². The van der Waals surface area contributed by atoms with Crippen molar-refractivity contribution in [1.29, 1.82) is 0 Å². The average molecular weight is 499 g/mol. The van der Waals surface area contributed by atoms with Crippen molar-refractivity contribution in [1.82, 2.24) is 15.0 Å². The number of aromatic nitrogens is 4. The van der Waals surface area contributed by atoms with Gasteiger partial charge in [0.25, 0.3) is 0 Å². The molecule has 34 heavy (non-hydrogen) atoms. The molecule has 13 heteroatoms. The van der Waals surface area contributed by atoms with Crippen molar-refractivity contribution in [3.8, 4) is 11.5 Å². The molecule has 3 aromatic heterocycles. The molecule has 0 aliphatic heterocycles. The summed E-state index contributed by atoms with van der Waals surface area (Å²) in [4.78, 5) is 14.9. The lowest BCUT2D eigenvalue weighted by atomic mass is 10.2. The predicted molar refractivity (Wildman–Crippen MR) is 129 cm³/mol. The zero-order valence-electron chi connectivity index (χ0n) is 18.0. The molecule has 3 heterocycles. The number of nitrogen functional groups attached to an aromatic ring is 2. The second-order valence-electron chi connectivity index (χ2n) is 7.27. The number of rotatable bonds is 6. The van der Waals surface area contributed by atoms with E-state index >= 15 is 0 Å². The Kier molecular flexibility index (Phi) is 5.14. The van der Waals surface area contributed by atoms with Gasteiger partial charge in [0.15, 0.2) is 15.7 Å². The summed E-state index contributed by atoms with van der Waals surface area (Å²) in [5, 5.41) is 5.03. The molecular formula is C21H20N7O4S2+. The summed E-state index contributed by atoms with van der Waals surface area (Å²) >= 11 is 1.03. The number of nitrogens with two attached hydrogens (primary N) is 2. The van der Waals surface area contributed by atoms with Crippen molar-refractivity contribution < 1.29 is 22.9 Å². The average Bonchev–Trinajstić information content (AvgIpc) is 3.42. The van der Waals surface area contributed by atoms with Gasteiger partial charge in [0, 0.05) is 17.1 Å². The second kappa shape index (κ2) is 8.04. The Bertz CT molecular complexity index is 1640. The number of H-pyrrole nitrogens is 2. The molecule has 0 unspecified atom stereocenters. The normalized spacial score (nSPS) is 11.7. The Morgan fingerprint density at radius 1 is 1.06 bits per heavy atom. The molecule has 0 aliphatic rings. The minimum atomic E-state index is -3.72. The topological polar surface area (TPSA) is 172 Å². The van der Waals surface area contributed by atoms with E-state index in [-0.39, 0.29) is 15.1 Å². The van der Waals surface area contributed by atoms with Crippen LogP contribution in [0.1, 0.15) is 0 Å². The summed E-state index contributed by atoms with van der Waals surface area (Å²) in [6.07, 6.45) is 1.42. The second-order valence-corrected chi connectivity index (χ2v) is 10.5. The van der Waals surface area contributed by atoms with Crippen molar-refractivity contribution >= 4 is 65.7 Å². The highest BCUT2D eigenvalue weighted by molar-refractivity contribution is 7.93. The first-order valence-corrected chi connectivity index (χ1v) is 12.2. The lowest BCUT2D eigenvalue weighted by Crippen LogP contribution is -2.07. The molecule has 7 N–H and O–H groups in total. The Balaban J connectivity index is 1.58. The van der Waals surface area contributed by atoms with Gasteiger partial charge < -0.3 is 25.9 Å². The molecule has 5 aromatic rings. The highest BCUT2D eigenvalue weighted by atomic mass is 32.2. The van der Waals surface area contributed by atoms with Crippen LogP contribution in [0.5, 0.6) is 11.5 Å². The number of methoxy groups -OCH3 is 2. The number of hydrogen-bond donors (Lipinski definition) is 4. The molecule has 0 spiro atoms. The first-order chi connectivity index (χ1) is 16.3. The van der Waals surface area contributed by atoms with E-state index in [1.165, 1.54) is 18.3 Å². The predicted octanol–water partition coefficient (Wildman–Crippen LogP) is 2.74. The fourth-order valence-electron chi connectivity index (χ4n) is 3.58. The van der Waals surface area contributed by atoms with Crippen LogP contribution in [0.2, 0.25) is 0 Å². The number of sulfone groups is 1. The molecule has 5 rings (SSSR count). The molecular weight excluding hydrogens is 478 g/mol. The minimum absolute atomic E-state index is 0.0479. The van der Waals surface area contributed by atoms with E-state index in [1.807, 2.05) is 6.07 Å². The number of hydrogen-bond acceptors (Lipinski definition) is 10. The fourth-order valence-corrected chi connectivity index (χ4v) is 6.08. The van der Waals surface area contributed by atoms with E-state index in [1.54, 1.807) is 32.4 Å². The van der Waals surface area contributed by atoms with Gasteiger partial charge in [-0.05, 0) is 41.7 Å². The largest absolute Gasteiger partial charge is 0.493 e. The number of benzene rings is 2. The SMILES string of the molecule is COc1cc2[nH]c3nc(N)nc(Nc4[nH+]cc(S(=O)(=O)c5ccc(N)cc5)s4)c3c2cc1OC. The molecule has 0 fully saturated rings. The monoisotopic (exact) mass is 498 g/mol. The quantitative estimate of drug-likeness (QED) is 0.257. The number of nitrogens with one attached hydrogen (secondary N) is 3. The Morgan fingerprint density at radius 3 is 2.47 bits per heavy atom. The van der Waals surface area contributed by atoms with Crippen molar-refractivity contribution in [3.05, 3.63) is 42.6 Å². The van der Waals surface area contributed by atoms with E-state index in [0.29, 0.717) is 39.2 Å². The number of ether oxygens (including phenoxy) is 2. The van der Waals surface area contributed by atoms with Gasteiger partial charge in [0.2, 0.25) is 21.6 Å². The molecule has 0 radical (unpaired) electrons. The summed E-state index contributed by atoms with van der Waals surface area (Å²) < 4.78 is 36.9. The van der Waals surface area contributed by atoms with Crippen molar-refractivity contribution in [3.63, 3.8) is 0 Å². The summed E-state index contributed by atoms with van der Waals surface area (Å²) in [6, 6.07) is 9.64. The van der Waals surface area contributed by atoms with Gasteiger partial charge in [0.05, 0.1) is 30.0 Å². The first-order valence-electron chi connectivity index (χ1n) is 9.90. The zero-order valence-corrected chi connectivity index (χ0v) is 19.7. The number of fused-ring (bicyclic) bond motifs is 3. The lowest BCUT2D eigenvalue weighted by molar-refractivity contribution is -0.356. The molecule has 0 saturated carbocycles. The summed E-state index contributed by atoms with van der Waals surface area (Å²) in [5.41, 5.74) is 13.3. The number of anilines is 4. The van der Waals surface area contributed by atoms with Gasteiger partial charge in [-0.15, -0.1) is 0 Å². The lowest BCUT2D eigenvalue weighted by Gasteiger charge is -2.07. The van der Waals surface area contributed by atoms with Crippen LogP contribution >= 0.6 is 11.3 Å². The Morgan fingerprint density at radius 2 is 1.76 bits per heavy atom. The van der Waals surface area contributed by atoms with Crippen LogP contribution in [0, 0.1) is 0 Å². The minimum Gasteiger partial charge on any atom is -0.493 e. The van der Waals surface area contributed by atoms with Crippen LogP contribution in [0.4, 0.5) is 22.6 Å². The summed E-state index contributed by atoms with van der Waals surface area (Å²) in [6.45, 7) is 0. The summed E-state index contributed by atoms with van der Waals surface area (Å²) in [5.74, 6) is 1.54. The van der Waals surface area contributed by atoms with E-state index in [9.17, 15) is 8.42 Å². The standard InChI is InChI=1S/C21H19N7O4S2/c1-31-14-7-12-13(8-15(14)32-2)25-18-17(12)19(27-20(23)26-18)28-21-24-9-16(33-21)34(29,30)11-5-3-10(22)4-6-11/h3-9H,22H2,1-2H3,(H4,23,24,25,26,27,28)/p+1. The van der Waals surface area contributed by atoms with Gasteiger partial charge in [-0.1, -0.05) is 0 Å². The third-order valence-electron chi connectivity index (χ3n) is 5.18. The molecule has 174 valence electrons. The number of thiazole rings is 1. The van der Waals surface area contributed by atoms with E-state index in [2.05, 4.69) is 25.3 Å². The molecule has 0 atom stereocenters.